The second-order valence-corrected chi connectivity index (χ2v) is 5.81. The number of hydrogen-bond donors (Lipinski definition) is 1. The van der Waals surface area contributed by atoms with E-state index in [1.54, 1.807) is 4.68 Å². The molecule has 19 heavy (non-hydrogen) atoms. The van der Waals surface area contributed by atoms with E-state index in [-0.39, 0.29) is 0 Å². The van der Waals surface area contributed by atoms with E-state index >= 15 is 0 Å². The molecule has 0 fully saturated rings. The van der Waals surface area contributed by atoms with Crippen molar-refractivity contribution in [3.8, 4) is 5.75 Å². The first-order chi connectivity index (χ1) is 9.10. The lowest BCUT2D eigenvalue weighted by Crippen LogP contribution is -2.05. The fraction of sp³-hybridized carbons (Fsp3) is 0.308. The predicted octanol–water partition coefficient (Wildman–Crippen LogP) is 3.96. The standard InChI is InChI=1S/C13H15Br2N3O/c1-3-19-13-9(6-10(14)7-11(13)15)8-16-12-4-5-18(2)17-12/h4-7H,3,8H2,1-2H3,(H,16,17). The van der Waals surface area contributed by atoms with E-state index < -0.39 is 0 Å². The quantitative estimate of drug-likeness (QED) is 0.842. The van der Waals surface area contributed by atoms with Gasteiger partial charge in [0.15, 0.2) is 0 Å². The van der Waals surface area contributed by atoms with Crippen LogP contribution >= 0.6 is 31.9 Å². The zero-order valence-corrected chi connectivity index (χ0v) is 14.0. The highest BCUT2D eigenvalue weighted by Gasteiger charge is 2.10. The lowest BCUT2D eigenvalue weighted by Gasteiger charge is -2.13. The van der Waals surface area contributed by atoms with Gasteiger partial charge in [-0.1, -0.05) is 15.9 Å². The molecule has 0 bridgehead atoms. The Morgan fingerprint density at radius 2 is 2.16 bits per heavy atom. The fourth-order valence-corrected chi connectivity index (χ4v) is 3.17. The molecule has 0 amide bonds. The minimum Gasteiger partial charge on any atom is -0.492 e. The molecule has 0 spiro atoms. The van der Waals surface area contributed by atoms with Crippen LogP contribution in [-0.4, -0.2) is 16.4 Å². The van der Waals surface area contributed by atoms with Crippen molar-refractivity contribution in [3.63, 3.8) is 0 Å². The Morgan fingerprint density at radius 3 is 2.79 bits per heavy atom. The fourth-order valence-electron chi connectivity index (χ4n) is 1.75. The van der Waals surface area contributed by atoms with Gasteiger partial charge in [-0.25, -0.2) is 0 Å². The van der Waals surface area contributed by atoms with E-state index in [2.05, 4.69) is 42.3 Å². The normalized spacial score (nSPS) is 10.5. The first kappa shape index (κ1) is 14.4. The minimum absolute atomic E-state index is 0.636. The van der Waals surface area contributed by atoms with Crippen LogP contribution in [0.4, 0.5) is 5.82 Å². The topological polar surface area (TPSA) is 39.1 Å². The second-order valence-electron chi connectivity index (χ2n) is 4.04. The van der Waals surface area contributed by atoms with Gasteiger partial charge in [-0.15, -0.1) is 0 Å². The van der Waals surface area contributed by atoms with E-state index in [0.717, 1.165) is 26.1 Å². The molecule has 4 nitrogen and oxygen atoms in total. The largest absolute Gasteiger partial charge is 0.492 e. The van der Waals surface area contributed by atoms with Crippen LogP contribution in [0.5, 0.6) is 5.75 Å². The molecule has 1 aromatic carbocycles. The van der Waals surface area contributed by atoms with Gasteiger partial charge in [0.05, 0.1) is 11.1 Å². The molecule has 0 radical (unpaired) electrons. The molecule has 0 atom stereocenters. The summed E-state index contributed by atoms with van der Waals surface area (Å²) in [5.74, 6) is 1.72. The molecular formula is C13H15Br2N3O. The molecule has 1 heterocycles. The van der Waals surface area contributed by atoms with Gasteiger partial charge in [0.25, 0.3) is 0 Å². The third-order valence-electron chi connectivity index (χ3n) is 2.55. The van der Waals surface area contributed by atoms with Crippen molar-refractivity contribution < 1.29 is 4.74 Å². The number of halogens is 2. The summed E-state index contributed by atoms with van der Waals surface area (Å²) in [6.45, 7) is 3.27. The molecule has 0 aliphatic heterocycles. The van der Waals surface area contributed by atoms with Crippen molar-refractivity contribution in [1.82, 2.24) is 9.78 Å². The summed E-state index contributed by atoms with van der Waals surface area (Å²) < 4.78 is 9.41. The zero-order valence-electron chi connectivity index (χ0n) is 10.8. The Hall–Kier alpha value is -1.01. The van der Waals surface area contributed by atoms with Gasteiger partial charge in [-0.2, -0.15) is 5.10 Å². The number of nitrogens with zero attached hydrogens (tertiary/aromatic N) is 2. The highest BCUT2D eigenvalue weighted by atomic mass is 79.9. The Labute approximate surface area is 129 Å². The van der Waals surface area contributed by atoms with Gasteiger partial charge in [0, 0.05) is 35.9 Å². The maximum atomic E-state index is 5.68. The number of anilines is 1. The molecule has 1 N–H and O–H groups in total. The van der Waals surface area contributed by atoms with Crippen LogP contribution in [0, 0.1) is 0 Å². The van der Waals surface area contributed by atoms with Gasteiger partial charge in [-0.05, 0) is 35.0 Å². The summed E-state index contributed by atoms with van der Waals surface area (Å²) in [5.41, 5.74) is 1.08. The lowest BCUT2D eigenvalue weighted by atomic mass is 10.2. The summed E-state index contributed by atoms with van der Waals surface area (Å²) in [5, 5.41) is 7.57. The van der Waals surface area contributed by atoms with Crippen molar-refractivity contribution in [1.29, 1.82) is 0 Å². The number of nitrogens with one attached hydrogen (secondary N) is 1. The molecule has 0 unspecified atom stereocenters. The number of rotatable bonds is 5. The summed E-state index contributed by atoms with van der Waals surface area (Å²) in [6.07, 6.45) is 1.91. The van der Waals surface area contributed by atoms with Crippen LogP contribution in [0.1, 0.15) is 12.5 Å². The number of ether oxygens (including phenoxy) is 1. The first-order valence-corrected chi connectivity index (χ1v) is 7.53. The Kier molecular flexibility index (Phi) is 4.87. The smallest absolute Gasteiger partial charge is 0.148 e. The number of hydrogen-bond acceptors (Lipinski definition) is 3. The Bertz CT molecular complexity index is 569. The molecule has 0 aliphatic rings. The van der Waals surface area contributed by atoms with Crippen LogP contribution in [0.3, 0.4) is 0 Å². The Morgan fingerprint density at radius 1 is 1.37 bits per heavy atom. The zero-order chi connectivity index (χ0) is 13.8. The highest BCUT2D eigenvalue weighted by molar-refractivity contribution is 9.11. The van der Waals surface area contributed by atoms with Gasteiger partial charge in [0.1, 0.15) is 11.6 Å². The third-order valence-corrected chi connectivity index (χ3v) is 3.59. The molecule has 6 heteroatoms. The van der Waals surface area contributed by atoms with E-state index in [9.17, 15) is 0 Å². The van der Waals surface area contributed by atoms with Gasteiger partial charge < -0.3 is 10.1 Å². The van der Waals surface area contributed by atoms with E-state index in [1.807, 2.05) is 38.4 Å². The van der Waals surface area contributed by atoms with Gasteiger partial charge in [0.2, 0.25) is 0 Å². The van der Waals surface area contributed by atoms with Crippen LogP contribution < -0.4 is 10.1 Å². The first-order valence-electron chi connectivity index (χ1n) is 5.94. The monoisotopic (exact) mass is 387 g/mol. The van der Waals surface area contributed by atoms with E-state index in [0.29, 0.717) is 13.2 Å². The third kappa shape index (κ3) is 3.73. The predicted molar refractivity (Wildman–Crippen MR) is 83.5 cm³/mol. The van der Waals surface area contributed by atoms with Gasteiger partial charge >= 0.3 is 0 Å². The van der Waals surface area contributed by atoms with Crippen molar-refractivity contribution in [2.24, 2.45) is 7.05 Å². The lowest BCUT2D eigenvalue weighted by molar-refractivity contribution is 0.334. The van der Waals surface area contributed by atoms with Crippen LogP contribution in [0.15, 0.2) is 33.3 Å². The van der Waals surface area contributed by atoms with Gasteiger partial charge in [-0.3, -0.25) is 4.68 Å². The minimum atomic E-state index is 0.636. The molecule has 0 saturated carbocycles. The van der Waals surface area contributed by atoms with E-state index in [4.69, 9.17) is 4.74 Å². The molecule has 1 aromatic heterocycles. The van der Waals surface area contributed by atoms with E-state index in [1.165, 1.54) is 0 Å². The summed E-state index contributed by atoms with van der Waals surface area (Å²) >= 11 is 7.02. The average molecular weight is 389 g/mol. The summed E-state index contributed by atoms with van der Waals surface area (Å²) in [6, 6.07) is 5.97. The summed E-state index contributed by atoms with van der Waals surface area (Å²) in [7, 11) is 1.90. The summed E-state index contributed by atoms with van der Waals surface area (Å²) in [4.78, 5) is 0. The maximum absolute atomic E-state index is 5.68. The molecule has 0 saturated heterocycles. The van der Waals surface area contributed by atoms with Crippen LogP contribution in [-0.2, 0) is 13.6 Å². The molecular weight excluding hydrogens is 374 g/mol. The highest BCUT2D eigenvalue weighted by Crippen LogP contribution is 2.33. The van der Waals surface area contributed by atoms with Crippen LogP contribution in [0.25, 0.3) is 0 Å². The van der Waals surface area contributed by atoms with Crippen molar-refractivity contribution in [2.75, 3.05) is 11.9 Å². The molecule has 2 rings (SSSR count). The maximum Gasteiger partial charge on any atom is 0.148 e. The molecule has 102 valence electrons. The second kappa shape index (κ2) is 6.43. The van der Waals surface area contributed by atoms with Crippen LogP contribution in [0.2, 0.25) is 0 Å². The van der Waals surface area contributed by atoms with Crippen molar-refractivity contribution in [2.45, 2.75) is 13.5 Å². The molecule has 2 aromatic rings. The van der Waals surface area contributed by atoms with Crippen molar-refractivity contribution >= 4 is 37.7 Å². The Balaban J connectivity index is 2.18. The SMILES string of the molecule is CCOc1c(Br)cc(Br)cc1CNc1ccn(C)n1. The molecule has 0 aliphatic carbocycles. The number of aromatic nitrogens is 2. The number of benzene rings is 1. The van der Waals surface area contributed by atoms with Crippen molar-refractivity contribution in [3.05, 3.63) is 38.9 Å². The average Bonchev–Trinajstić information content (AvgIpc) is 2.76. The number of aryl methyl sites for hydroxylation is 1.